The summed E-state index contributed by atoms with van der Waals surface area (Å²) in [4.78, 5) is 7.64. The van der Waals surface area contributed by atoms with Crippen LogP contribution in [0.3, 0.4) is 0 Å². The first-order chi connectivity index (χ1) is 11.3. The van der Waals surface area contributed by atoms with E-state index in [0.717, 1.165) is 39.1 Å². The zero-order valence-corrected chi connectivity index (χ0v) is 17.4. The summed E-state index contributed by atoms with van der Waals surface area (Å²) in [5.74, 6) is 1.88. The van der Waals surface area contributed by atoms with E-state index in [9.17, 15) is 0 Å². The lowest BCUT2D eigenvalue weighted by atomic mass is 9.99. The molecule has 130 valence electrons. The number of hydrogen-bond acceptors (Lipinski definition) is 3. The van der Waals surface area contributed by atoms with E-state index in [0.29, 0.717) is 5.92 Å². The van der Waals surface area contributed by atoms with Crippen LogP contribution in [-0.2, 0) is 13.0 Å². The van der Waals surface area contributed by atoms with Gasteiger partial charge in [-0.2, -0.15) is 0 Å². The number of nitrogens with zero attached hydrogens (tertiary/aromatic N) is 3. The van der Waals surface area contributed by atoms with Gasteiger partial charge in [-0.25, -0.2) is 4.98 Å². The first-order valence-electron chi connectivity index (χ1n) is 8.61. The molecule has 0 amide bonds. The molecule has 4 nitrogen and oxygen atoms in total. The standard InChI is InChI=1S/C17H20Br2N4.ClH/c18-13-11-2-1-7-23-16(11)15(12(14(13)19)10-3-4-10)21-17(23)22-8-5-20-6-9-22;/h10,20H,1-9H2;1H. The van der Waals surface area contributed by atoms with Crippen LogP contribution in [0.5, 0.6) is 0 Å². The topological polar surface area (TPSA) is 33.1 Å². The average molecular weight is 477 g/mol. The first kappa shape index (κ1) is 17.1. The van der Waals surface area contributed by atoms with E-state index < -0.39 is 0 Å². The van der Waals surface area contributed by atoms with Crippen molar-refractivity contribution in [1.82, 2.24) is 14.9 Å². The van der Waals surface area contributed by atoms with Crippen LogP contribution >= 0.6 is 44.3 Å². The third-order valence-corrected chi connectivity index (χ3v) is 7.61. The fourth-order valence-corrected chi connectivity index (χ4v) is 5.45. The number of anilines is 1. The van der Waals surface area contributed by atoms with Gasteiger partial charge in [0.1, 0.15) is 0 Å². The van der Waals surface area contributed by atoms with Crippen molar-refractivity contribution in [1.29, 1.82) is 0 Å². The summed E-state index contributed by atoms with van der Waals surface area (Å²) >= 11 is 7.74. The molecule has 1 saturated heterocycles. The third-order valence-electron chi connectivity index (χ3n) is 5.38. The lowest BCUT2D eigenvalue weighted by Gasteiger charge is -2.29. The number of nitrogens with one attached hydrogen (secondary N) is 1. The van der Waals surface area contributed by atoms with Crippen LogP contribution in [0.4, 0.5) is 5.95 Å². The summed E-state index contributed by atoms with van der Waals surface area (Å²) in [5, 5.41) is 3.45. The largest absolute Gasteiger partial charge is 0.340 e. The lowest BCUT2D eigenvalue weighted by Crippen LogP contribution is -2.44. The molecule has 0 atom stereocenters. The maximum absolute atomic E-state index is 5.18. The number of rotatable bonds is 2. The van der Waals surface area contributed by atoms with Gasteiger partial charge in [0.15, 0.2) is 0 Å². The molecule has 1 saturated carbocycles. The molecule has 2 aromatic rings. The van der Waals surface area contributed by atoms with Gasteiger partial charge in [0.25, 0.3) is 0 Å². The summed E-state index contributed by atoms with van der Waals surface area (Å²) in [7, 11) is 0. The second-order valence-electron chi connectivity index (χ2n) is 6.90. The average Bonchev–Trinajstić information content (AvgIpc) is 3.35. The summed E-state index contributed by atoms with van der Waals surface area (Å²) in [6.45, 7) is 5.32. The summed E-state index contributed by atoms with van der Waals surface area (Å²) in [6, 6.07) is 0. The van der Waals surface area contributed by atoms with Crippen molar-refractivity contribution < 1.29 is 0 Å². The molecule has 0 bridgehead atoms. The van der Waals surface area contributed by atoms with Crippen molar-refractivity contribution in [2.75, 3.05) is 31.1 Å². The van der Waals surface area contributed by atoms with Gasteiger partial charge >= 0.3 is 0 Å². The zero-order valence-electron chi connectivity index (χ0n) is 13.4. The van der Waals surface area contributed by atoms with Gasteiger partial charge in [0.2, 0.25) is 5.95 Å². The predicted molar refractivity (Wildman–Crippen MR) is 108 cm³/mol. The maximum atomic E-state index is 5.18. The normalized spacial score (nSPS) is 20.3. The number of imidazole rings is 1. The van der Waals surface area contributed by atoms with Gasteiger partial charge in [-0.05, 0) is 74.6 Å². The summed E-state index contributed by atoms with van der Waals surface area (Å²) < 4.78 is 5.00. The molecule has 2 aliphatic heterocycles. The number of aryl methyl sites for hydroxylation is 2. The summed E-state index contributed by atoms with van der Waals surface area (Å²) in [5.41, 5.74) is 5.52. The molecule has 2 fully saturated rings. The highest BCUT2D eigenvalue weighted by atomic mass is 79.9. The van der Waals surface area contributed by atoms with Gasteiger partial charge in [0, 0.05) is 41.7 Å². The minimum absolute atomic E-state index is 0. The molecule has 5 rings (SSSR count). The molecule has 24 heavy (non-hydrogen) atoms. The van der Waals surface area contributed by atoms with Gasteiger partial charge in [-0.15, -0.1) is 12.4 Å². The van der Waals surface area contributed by atoms with Crippen molar-refractivity contribution in [2.24, 2.45) is 0 Å². The Hall–Kier alpha value is -0.300. The molecule has 1 aromatic heterocycles. The Balaban J connectivity index is 0.00000146. The Labute approximate surface area is 165 Å². The van der Waals surface area contributed by atoms with E-state index >= 15 is 0 Å². The molecular formula is C17H21Br2ClN4. The Bertz CT molecular complexity index is 794. The highest BCUT2D eigenvalue weighted by Gasteiger charge is 2.34. The maximum Gasteiger partial charge on any atom is 0.206 e. The molecular weight excluding hydrogens is 455 g/mol. The highest BCUT2D eigenvalue weighted by Crippen LogP contribution is 2.51. The van der Waals surface area contributed by atoms with Crippen molar-refractivity contribution in [3.05, 3.63) is 20.1 Å². The minimum Gasteiger partial charge on any atom is -0.340 e. The predicted octanol–water partition coefficient (Wildman–Crippen LogP) is 4.22. The van der Waals surface area contributed by atoms with Crippen LogP contribution in [0.15, 0.2) is 8.95 Å². The fraction of sp³-hybridized carbons (Fsp3) is 0.588. The van der Waals surface area contributed by atoms with Crippen molar-refractivity contribution in [3.63, 3.8) is 0 Å². The summed E-state index contributed by atoms with van der Waals surface area (Å²) in [6.07, 6.45) is 4.95. The monoisotopic (exact) mass is 474 g/mol. The lowest BCUT2D eigenvalue weighted by molar-refractivity contribution is 0.556. The van der Waals surface area contributed by atoms with Crippen molar-refractivity contribution in [3.8, 4) is 0 Å². The van der Waals surface area contributed by atoms with Crippen LogP contribution in [0.2, 0.25) is 0 Å². The van der Waals surface area contributed by atoms with Gasteiger partial charge in [0.05, 0.1) is 11.0 Å². The number of benzene rings is 1. The smallest absolute Gasteiger partial charge is 0.206 e. The van der Waals surface area contributed by atoms with Crippen LogP contribution in [-0.4, -0.2) is 35.7 Å². The molecule has 1 aliphatic carbocycles. The SMILES string of the molecule is Brc1c(Br)c2c3c(nc(N4CCNCC4)n3CCC2)c1C1CC1.Cl. The van der Waals surface area contributed by atoms with Crippen molar-refractivity contribution in [2.45, 2.75) is 38.1 Å². The van der Waals surface area contributed by atoms with Crippen LogP contribution in [0.25, 0.3) is 11.0 Å². The number of piperazine rings is 1. The Kier molecular flexibility index (Phi) is 4.61. The van der Waals surface area contributed by atoms with E-state index in [2.05, 4.69) is 46.6 Å². The van der Waals surface area contributed by atoms with Crippen molar-refractivity contribution >= 4 is 61.2 Å². The number of aromatic nitrogens is 2. The minimum atomic E-state index is 0. The Morgan fingerprint density at radius 3 is 2.50 bits per heavy atom. The van der Waals surface area contributed by atoms with Crippen LogP contribution in [0.1, 0.15) is 36.3 Å². The quantitative estimate of drug-likeness (QED) is 0.705. The molecule has 1 N–H and O–H groups in total. The molecule has 0 spiro atoms. The fourth-order valence-electron chi connectivity index (χ4n) is 4.10. The Morgan fingerprint density at radius 2 is 1.79 bits per heavy atom. The molecule has 3 heterocycles. The zero-order chi connectivity index (χ0) is 15.6. The number of hydrogen-bond donors (Lipinski definition) is 1. The van der Waals surface area contributed by atoms with E-state index in [-0.39, 0.29) is 12.4 Å². The Morgan fingerprint density at radius 1 is 1.04 bits per heavy atom. The van der Waals surface area contributed by atoms with Crippen LogP contribution in [0, 0.1) is 0 Å². The van der Waals surface area contributed by atoms with Gasteiger partial charge in [-0.3, -0.25) is 0 Å². The van der Waals surface area contributed by atoms with E-state index in [1.807, 2.05) is 0 Å². The van der Waals surface area contributed by atoms with Gasteiger partial charge < -0.3 is 14.8 Å². The second-order valence-corrected chi connectivity index (χ2v) is 8.48. The molecule has 0 unspecified atom stereocenters. The third kappa shape index (κ3) is 2.52. The first-order valence-corrected chi connectivity index (χ1v) is 10.2. The van der Waals surface area contributed by atoms with E-state index in [1.165, 1.54) is 56.3 Å². The molecule has 1 aromatic carbocycles. The van der Waals surface area contributed by atoms with E-state index in [1.54, 1.807) is 0 Å². The molecule has 0 radical (unpaired) electrons. The molecule has 7 heteroatoms. The highest BCUT2D eigenvalue weighted by molar-refractivity contribution is 9.13. The van der Waals surface area contributed by atoms with E-state index in [4.69, 9.17) is 4.98 Å². The second kappa shape index (κ2) is 6.45. The van der Waals surface area contributed by atoms with Crippen LogP contribution < -0.4 is 10.2 Å². The van der Waals surface area contributed by atoms with Gasteiger partial charge in [-0.1, -0.05) is 0 Å². The number of halogens is 3. The molecule has 3 aliphatic rings.